The number of halogens is 3. The number of aryl methyl sites for hydroxylation is 3. The number of rotatable bonds is 5. The largest absolute Gasteiger partial charge is 0.437 e. The normalized spacial score (nSPS) is 13.3. The molecule has 1 aromatic heterocycles. The third-order valence-corrected chi connectivity index (χ3v) is 6.37. The number of alkyl halides is 3. The maximum atomic E-state index is 13.5. The van der Waals surface area contributed by atoms with E-state index in [0.29, 0.717) is 11.3 Å². The summed E-state index contributed by atoms with van der Waals surface area (Å²) in [7, 11) is -3.07. The quantitative estimate of drug-likeness (QED) is 0.468. The Morgan fingerprint density at radius 1 is 1.03 bits per heavy atom. The summed E-state index contributed by atoms with van der Waals surface area (Å²) < 4.78 is 66.0. The van der Waals surface area contributed by atoms with Gasteiger partial charge in [-0.2, -0.15) is 13.2 Å². The predicted molar refractivity (Wildman–Crippen MR) is 122 cm³/mol. The van der Waals surface area contributed by atoms with Crippen LogP contribution in [-0.4, -0.2) is 26.6 Å². The molecule has 0 bridgehead atoms. The van der Waals surface area contributed by atoms with Gasteiger partial charge in [-0.1, -0.05) is 12.1 Å². The number of ether oxygens (including phenoxy) is 1. The van der Waals surface area contributed by atoms with Crippen LogP contribution in [0.5, 0.6) is 11.6 Å². The van der Waals surface area contributed by atoms with E-state index in [1.54, 1.807) is 13.0 Å². The monoisotopic (exact) mass is 492 g/mol. The van der Waals surface area contributed by atoms with Crippen LogP contribution in [-0.2, 0) is 15.9 Å². The molecular weight excluding hydrogens is 469 g/mol. The predicted octanol–water partition coefficient (Wildman–Crippen LogP) is 5.81. The zero-order valence-electron chi connectivity index (χ0n) is 19.1. The molecule has 0 aliphatic rings. The summed E-state index contributed by atoms with van der Waals surface area (Å²) in [5.74, 6) is -0.975. The van der Waals surface area contributed by atoms with Gasteiger partial charge < -0.3 is 10.1 Å². The fourth-order valence-electron chi connectivity index (χ4n) is 3.27. The average molecular weight is 493 g/mol. The van der Waals surface area contributed by atoms with Gasteiger partial charge in [-0.15, -0.1) is 10.2 Å². The number of hydrogen-bond donors (Lipinski definition) is 2. The molecule has 34 heavy (non-hydrogen) atoms. The minimum absolute atomic E-state index is 0.155. The summed E-state index contributed by atoms with van der Waals surface area (Å²) >= 11 is 0. The van der Waals surface area contributed by atoms with E-state index in [9.17, 15) is 22.2 Å². The highest BCUT2D eigenvalue weighted by molar-refractivity contribution is 7.91. The molecule has 3 aromatic rings. The molecule has 0 saturated heterocycles. The molecule has 0 aliphatic heterocycles. The average Bonchev–Trinajstić information content (AvgIpc) is 2.70. The SMILES string of the molecule is Cc1cc(C)c(Oc2nnc(C(F)(F)F)c(C)c2C(=O)Nc2cccc(S(C)(=N)=O)c2)cc1C. The van der Waals surface area contributed by atoms with Crippen LogP contribution in [0.1, 0.15) is 38.3 Å². The zero-order chi connectivity index (χ0) is 25.4. The lowest BCUT2D eigenvalue weighted by Gasteiger charge is -2.17. The lowest BCUT2D eigenvalue weighted by Crippen LogP contribution is -2.21. The first-order valence-corrected chi connectivity index (χ1v) is 12.0. The Kier molecular flexibility index (Phi) is 6.70. The lowest BCUT2D eigenvalue weighted by atomic mass is 10.1. The van der Waals surface area contributed by atoms with E-state index in [1.807, 2.05) is 19.9 Å². The standard InChI is InChI=1S/C23H23F3N4O3S/c1-12-9-14(3)18(10-13(12)2)33-22-19(15(4)20(29-30-22)23(24,25)26)21(31)28-16-7-6-8-17(11-16)34(5,27)32/h6-11,27H,1-5H3,(H,28,31). The molecule has 2 N–H and O–H groups in total. The highest BCUT2D eigenvalue weighted by atomic mass is 32.2. The molecule has 1 heterocycles. The van der Waals surface area contributed by atoms with Gasteiger partial charge in [0.05, 0.1) is 9.73 Å². The van der Waals surface area contributed by atoms with Crippen molar-refractivity contribution in [1.29, 1.82) is 4.78 Å². The van der Waals surface area contributed by atoms with E-state index in [4.69, 9.17) is 9.52 Å². The minimum Gasteiger partial charge on any atom is -0.437 e. The molecule has 180 valence electrons. The maximum Gasteiger partial charge on any atom is 0.435 e. The Labute approximate surface area is 195 Å². The topological polar surface area (TPSA) is 105 Å². The van der Waals surface area contributed by atoms with Crippen LogP contribution in [0.4, 0.5) is 18.9 Å². The number of carbonyl (C=O) groups excluding carboxylic acids is 1. The van der Waals surface area contributed by atoms with Gasteiger partial charge in [-0.05, 0) is 74.2 Å². The molecule has 2 aromatic carbocycles. The molecule has 7 nitrogen and oxygen atoms in total. The van der Waals surface area contributed by atoms with Gasteiger partial charge in [0.1, 0.15) is 11.3 Å². The van der Waals surface area contributed by atoms with Crippen molar-refractivity contribution < 1.29 is 26.9 Å². The summed E-state index contributed by atoms with van der Waals surface area (Å²) in [6.45, 7) is 6.64. The molecule has 0 radical (unpaired) electrons. The number of aromatic nitrogens is 2. The Bertz CT molecular complexity index is 1390. The zero-order valence-corrected chi connectivity index (χ0v) is 19.9. The molecule has 3 rings (SSSR count). The van der Waals surface area contributed by atoms with E-state index in [2.05, 4.69) is 15.5 Å². The molecule has 11 heteroatoms. The maximum absolute atomic E-state index is 13.5. The fourth-order valence-corrected chi connectivity index (χ4v) is 3.96. The molecular formula is C23H23F3N4O3S. The molecule has 0 fully saturated rings. The Morgan fingerprint density at radius 2 is 1.68 bits per heavy atom. The van der Waals surface area contributed by atoms with Crippen molar-refractivity contribution in [2.75, 3.05) is 11.6 Å². The van der Waals surface area contributed by atoms with Crippen molar-refractivity contribution in [3.05, 3.63) is 69.9 Å². The summed E-state index contributed by atoms with van der Waals surface area (Å²) in [5, 5.41) is 9.34. The van der Waals surface area contributed by atoms with E-state index in [0.717, 1.165) is 18.1 Å². The van der Waals surface area contributed by atoms with Gasteiger partial charge >= 0.3 is 6.18 Å². The van der Waals surface area contributed by atoms with Crippen molar-refractivity contribution in [3.63, 3.8) is 0 Å². The molecule has 1 amide bonds. The van der Waals surface area contributed by atoms with Gasteiger partial charge in [0.25, 0.3) is 11.8 Å². The Morgan fingerprint density at radius 3 is 2.29 bits per heavy atom. The Hall–Kier alpha value is -3.47. The van der Waals surface area contributed by atoms with Gasteiger partial charge in [-0.3, -0.25) is 4.79 Å². The number of nitrogens with zero attached hydrogens (tertiary/aromatic N) is 2. The third-order valence-electron chi connectivity index (χ3n) is 5.22. The van der Waals surface area contributed by atoms with Gasteiger partial charge in [0.2, 0.25) is 0 Å². The molecule has 0 spiro atoms. The van der Waals surface area contributed by atoms with E-state index < -0.39 is 38.6 Å². The van der Waals surface area contributed by atoms with E-state index in [1.165, 1.54) is 30.5 Å². The highest BCUT2D eigenvalue weighted by Gasteiger charge is 2.38. The van der Waals surface area contributed by atoms with Gasteiger partial charge in [-0.25, -0.2) is 8.99 Å². The van der Waals surface area contributed by atoms with Crippen LogP contribution in [0.25, 0.3) is 0 Å². The lowest BCUT2D eigenvalue weighted by molar-refractivity contribution is -0.142. The summed E-state index contributed by atoms with van der Waals surface area (Å²) in [6.07, 6.45) is -3.61. The van der Waals surface area contributed by atoms with Crippen LogP contribution in [0.15, 0.2) is 41.3 Å². The van der Waals surface area contributed by atoms with Crippen LogP contribution < -0.4 is 10.1 Å². The summed E-state index contributed by atoms with van der Waals surface area (Å²) in [5.41, 5.74) is 0.550. The first kappa shape index (κ1) is 25.2. The second kappa shape index (κ2) is 9.05. The molecule has 1 unspecified atom stereocenters. The minimum atomic E-state index is -4.83. The van der Waals surface area contributed by atoms with Crippen LogP contribution in [0.2, 0.25) is 0 Å². The molecule has 0 saturated carbocycles. The van der Waals surface area contributed by atoms with Crippen molar-refractivity contribution in [1.82, 2.24) is 10.2 Å². The first-order chi connectivity index (χ1) is 15.7. The number of carbonyl (C=O) groups is 1. The second-order valence-corrected chi connectivity index (χ2v) is 10.1. The molecule has 0 aliphatic carbocycles. The van der Waals surface area contributed by atoms with E-state index >= 15 is 0 Å². The summed E-state index contributed by atoms with van der Waals surface area (Å²) in [6, 6.07) is 9.30. The van der Waals surface area contributed by atoms with Crippen LogP contribution >= 0.6 is 0 Å². The van der Waals surface area contributed by atoms with Crippen molar-refractivity contribution in [2.24, 2.45) is 0 Å². The van der Waals surface area contributed by atoms with Gasteiger partial charge in [0.15, 0.2) is 5.69 Å². The highest BCUT2D eigenvalue weighted by Crippen LogP contribution is 2.36. The molecule has 1 atom stereocenters. The number of anilines is 1. The number of amides is 1. The van der Waals surface area contributed by atoms with Crippen LogP contribution in [0.3, 0.4) is 0 Å². The second-order valence-electron chi connectivity index (χ2n) is 7.98. The number of benzene rings is 2. The smallest absolute Gasteiger partial charge is 0.435 e. The number of hydrogen-bond acceptors (Lipinski definition) is 6. The van der Waals surface area contributed by atoms with Crippen molar-refractivity contribution in [2.45, 2.75) is 38.8 Å². The van der Waals surface area contributed by atoms with Crippen LogP contribution in [0, 0.1) is 32.5 Å². The van der Waals surface area contributed by atoms with Gasteiger partial charge in [0, 0.05) is 16.8 Å². The first-order valence-electron chi connectivity index (χ1n) is 10.0. The number of nitrogens with one attached hydrogen (secondary N) is 2. The third kappa shape index (κ3) is 5.36. The summed E-state index contributed by atoms with van der Waals surface area (Å²) in [4.78, 5) is 13.3. The van der Waals surface area contributed by atoms with Crippen molar-refractivity contribution in [3.8, 4) is 11.6 Å². The Balaban J connectivity index is 2.10. The van der Waals surface area contributed by atoms with Crippen molar-refractivity contribution >= 4 is 21.3 Å². The fraction of sp³-hybridized carbons (Fsp3) is 0.261. The van der Waals surface area contributed by atoms with E-state index in [-0.39, 0.29) is 16.5 Å².